The predicted octanol–water partition coefficient (Wildman–Crippen LogP) is 3.96. The molecule has 2 N–H and O–H groups in total. The van der Waals surface area contributed by atoms with Crippen molar-refractivity contribution < 1.29 is 19.4 Å². The first-order chi connectivity index (χ1) is 13.1. The van der Waals surface area contributed by atoms with Gasteiger partial charge in [0.2, 0.25) is 12.1 Å². The van der Waals surface area contributed by atoms with Crippen LogP contribution in [0, 0.1) is 0 Å². The molecule has 1 unspecified atom stereocenters. The van der Waals surface area contributed by atoms with E-state index < -0.39 is 0 Å². The molecule has 7 heteroatoms. The molecular formula is C20H18N2O4S. The number of carbonyl (C=O) groups is 1. The Morgan fingerprint density at radius 1 is 1.26 bits per heavy atom. The van der Waals surface area contributed by atoms with Gasteiger partial charge in [-0.05, 0) is 54.3 Å². The Bertz CT molecular complexity index is 1010. The molecule has 138 valence electrons. The fourth-order valence-corrected chi connectivity index (χ4v) is 3.88. The first-order valence-corrected chi connectivity index (χ1v) is 9.41. The van der Waals surface area contributed by atoms with Crippen LogP contribution in [0.25, 0.3) is 10.1 Å². The van der Waals surface area contributed by atoms with Gasteiger partial charge >= 0.3 is 5.97 Å². The quantitative estimate of drug-likeness (QED) is 0.653. The van der Waals surface area contributed by atoms with Gasteiger partial charge < -0.3 is 14.6 Å². The Morgan fingerprint density at radius 3 is 2.85 bits per heavy atom. The summed E-state index contributed by atoms with van der Waals surface area (Å²) in [5.41, 5.74) is 4.89. The highest BCUT2D eigenvalue weighted by Crippen LogP contribution is 2.28. The molecular weight excluding hydrogens is 364 g/mol. The molecule has 6 nitrogen and oxygen atoms in total. The second-order valence-electron chi connectivity index (χ2n) is 6.10. The summed E-state index contributed by atoms with van der Waals surface area (Å²) in [6.07, 6.45) is 0.186. The molecule has 0 fully saturated rings. The van der Waals surface area contributed by atoms with Gasteiger partial charge in [-0.15, -0.1) is 16.4 Å². The lowest BCUT2D eigenvalue weighted by molar-refractivity contribution is 0.0532. The van der Waals surface area contributed by atoms with E-state index in [1.54, 1.807) is 31.2 Å². The summed E-state index contributed by atoms with van der Waals surface area (Å²) in [6.45, 7) is 2.16. The number of phenolic OH excluding ortho intramolecular Hbond substituents is 1. The van der Waals surface area contributed by atoms with Gasteiger partial charge in [0, 0.05) is 10.3 Å². The van der Waals surface area contributed by atoms with Crippen LogP contribution in [0.15, 0.2) is 53.6 Å². The smallest absolute Gasteiger partial charge is 0.348 e. The van der Waals surface area contributed by atoms with Gasteiger partial charge in [-0.1, -0.05) is 12.1 Å². The number of fused-ring (bicyclic) bond motifs is 1. The van der Waals surface area contributed by atoms with Gasteiger partial charge in [-0.25, -0.2) is 4.79 Å². The number of aromatic hydroxyl groups is 1. The highest BCUT2D eigenvalue weighted by molar-refractivity contribution is 7.20. The maximum absolute atomic E-state index is 11.9. The lowest BCUT2D eigenvalue weighted by Crippen LogP contribution is -2.12. The number of benzene rings is 2. The van der Waals surface area contributed by atoms with E-state index >= 15 is 0 Å². The Morgan fingerprint density at radius 2 is 2.07 bits per heavy atom. The minimum Gasteiger partial charge on any atom is -0.508 e. The number of nitrogens with zero attached hydrogens (tertiary/aromatic N) is 1. The number of hydrogen-bond acceptors (Lipinski definition) is 7. The van der Waals surface area contributed by atoms with Gasteiger partial charge in [0.15, 0.2) is 0 Å². The molecule has 2 heterocycles. The first-order valence-electron chi connectivity index (χ1n) is 8.59. The van der Waals surface area contributed by atoms with Crippen LogP contribution in [0.2, 0.25) is 0 Å². The molecule has 3 aromatic rings. The van der Waals surface area contributed by atoms with Crippen molar-refractivity contribution in [2.75, 3.05) is 6.61 Å². The van der Waals surface area contributed by atoms with Gasteiger partial charge in [0.1, 0.15) is 10.6 Å². The number of phenols is 1. The number of nitrogens with one attached hydrogen (secondary N) is 1. The van der Waals surface area contributed by atoms with Crippen LogP contribution >= 0.6 is 11.3 Å². The number of rotatable bonds is 5. The van der Waals surface area contributed by atoms with Gasteiger partial charge in [-0.3, -0.25) is 5.43 Å². The van der Waals surface area contributed by atoms with E-state index in [9.17, 15) is 9.90 Å². The molecule has 0 spiro atoms. The van der Waals surface area contributed by atoms with Crippen LogP contribution in [0.4, 0.5) is 0 Å². The molecule has 0 bridgehead atoms. The van der Waals surface area contributed by atoms with E-state index in [0.717, 1.165) is 21.2 Å². The van der Waals surface area contributed by atoms with E-state index in [0.29, 0.717) is 23.8 Å². The summed E-state index contributed by atoms with van der Waals surface area (Å²) in [5, 5.41) is 14.7. The fraction of sp³-hybridized carbons (Fsp3) is 0.200. The number of hydrazone groups is 1. The summed E-state index contributed by atoms with van der Waals surface area (Å²) >= 11 is 1.42. The molecule has 0 saturated heterocycles. The lowest BCUT2D eigenvalue weighted by Gasteiger charge is -2.11. The molecule has 1 aliphatic rings. The van der Waals surface area contributed by atoms with Crippen molar-refractivity contribution in [2.45, 2.75) is 19.6 Å². The average Bonchev–Trinajstić information content (AvgIpc) is 3.29. The zero-order valence-electron chi connectivity index (χ0n) is 14.6. The third-order valence-electron chi connectivity index (χ3n) is 4.17. The zero-order valence-corrected chi connectivity index (χ0v) is 15.5. The van der Waals surface area contributed by atoms with Crippen LogP contribution < -0.4 is 5.43 Å². The van der Waals surface area contributed by atoms with Crippen molar-refractivity contribution in [3.63, 3.8) is 0 Å². The minimum absolute atomic E-state index is 0.212. The molecule has 27 heavy (non-hydrogen) atoms. The molecule has 0 aliphatic carbocycles. The molecule has 0 radical (unpaired) electrons. The predicted molar refractivity (Wildman–Crippen MR) is 104 cm³/mol. The van der Waals surface area contributed by atoms with Crippen LogP contribution in [0.3, 0.4) is 0 Å². The Balaban J connectivity index is 1.45. The molecule has 2 aromatic carbocycles. The summed E-state index contributed by atoms with van der Waals surface area (Å²) in [7, 11) is 0. The number of carbonyl (C=O) groups excluding carboxylic acids is 1. The van der Waals surface area contributed by atoms with Crippen molar-refractivity contribution in [1.29, 1.82) is 0 Å². The van der Waals surface area contributed by atoms with E-state index in [4.69, 9.17) is 9.47 Å². The molecule has 1 atom stereocenters. The van der Waals surface area contributed by atoms with Crippen molar-refractivity contribution in [1.82, 2.24) is 5.43 Å². The summed E-state index contributed by atoms with van der Waals surface area (Å²) in [5.74, 6) is 0.517. The van der Waals surface area contributed by atoms with Crippen molar-refractivity contribution in [2.24, 2.45) is 5.10 Å². The summed E-state index contributed by atoms with van der Waals surface area (Å²) in [6, 6.07) is 14.7. The fourth-order valence-electron chi connectivity index (χ4n) is 2.86. The van der Waals surface area contributed by atoms with E-state index in [1.165, 1.54) is 11.3 Å². The third-order valence-corrected chi connectivity index (χ3v) is 5.25. The lowest BCUT2D eigenvalue weighted by atomic mass is 10.1. The van der Waals surface area contributed by atoms with Crippen molar-refractivity contribution in [3.8, 4) is 5.75 Å². The highest BCUT2D eigenvalue weighted by atomic mass is 32.1. The average molecular weight is 382 g/mol. The second-order valence-corrected chi connectivity index (χ2v) is 7.19. The molecule has 0 saturated carbocycles. The van der Waals surface area contributed by atoms with Crippen molar-refractivity contribution in [3.05, 3.63) is 64.5 Å². The third kappa shape index (κ3) is 3.73. The SMILES string of the molecule is CCOC(=O)c1cc2ccc(CC3=NNC(c4ccc(O)cc4)O3)cc2s1. The molecule has 4 rings (SSSR count). The standard InChI is InChI=1S/C20H18N2O4S/c1-2-25-20(24)17-11-14-4-3-12(9-16(14)27-17)10-18-21-22-19(26-18)13-5-7-15(23)8-6-13/h3-9,11,19,22-23H,2,10H2,1H3. The van der Waals surface area contributed by atoms with E-state index in [2.05, 4.69) is 10.5 Å². The molecule has 0 amide bonds. The van der Waals surface area contributed by atoms with E-state index in [-0.39, 0.29) is 17.9 Å². The van der Waals surface area contributed by atoms with Gasteiger partial charge in [-0.2, -0.15) is 0 Å². The molecule has 1 aliphatic heterocycles. The number of ether oxygens (including phenoxy) is 2. The normalized spacial score (nSPS) is 15.9. The van der Waals surface area contributed by atoms with E-state index in [1.807, 2.05) is 24.3 Å². The summed E-state index contributed by atoms with van der Waals surface area (Å²) < 4.78 is 12.0. The number of thiophene rings is 1. The minimum atomic E-state index is -0.360. The van der Waals surface area contributed by atoms with Crippen molar-refractivity contribution >= 4 is 33.3 Å². The first kappa shape index (κ1) is 17.4. The second kappa shape index (κ2) is 7.28. The zero-order chi connectivity index (χ0) is 18.8. The highest BCUT2D eigenvalue weighted by Gasteiger charge is 2.21. The maximum atomic E-state index is 11.9. The van der Waals surface area contributed by atoms with Crippen LogP contribution in [0.1, 0.15) is 34.0 Å². The monoisotopic (exact) mass is 382 g/mol. The number of esters is 1. The topological polar surface area (TPSA) is 80.2 Å². The summed E-state index contributed by atoms with van der Waals surface area (Å²) in [4.78, 5) is 12.5. The Hall–Kier alpha value is -3.06. The Kier molecular flexibility index (Phi) is 4.68. The van der Waals surface area contributed by atoms with Crippen LogP contribution in [0.5, 0.6) is 5.75 Å². The largest absolute Gasteiger partial charge is 0.508 e. The maximum Gasteiger partial charge on any atom is 0.348 e. The molecule has 1 aromatic heterocycles. The van der Waals surface area contributed by atoms with Gasteiger partial charge in [0.25, 0.3) is 0 Å². The number of hydrogen-bond donors (Lipinski definition) is 2. The van der Waals surface area contributed by atoms with Gasteiger partial charge in [0.05, 0.1) is 13.0 Å². The van der Waals surface area contributed by atoms with Crippen LogP contribution in [-0.2, 0) is 15.9 Å². The van der Waals surface area contributed by atoms with Crippen LogP contribution in [-0.4, -0.2) is 23.6 Å². The Labute approximate surface area is 160 Å².